The largest absolute Gasteiger partial charge is 0.473 e. The van der Waals surface area contributed by atoms with Gasteiger partial charge in [0.1, 0.15) is 22.2 Å². The molecule has 0 aliphatic carbocycles. The molecule has 3 aliphatic rings. The first-order valence-corrected chi connectivity index (χ1v) is 11.2. The van der Waals surface area contributed by atoms with Crippen LogP contribution in [0.5, 0.6) is 5.88 Å². The highest BCUT2D eigenvalue weighted by Crippen LogP contribution is 2.43. The molecular formula is C17H22ClFN2O5S. The molecule has 27 heavy (non-hydrogen) atoms. The standard InChI is InChI=1S/C17H22ClFN2O5S/c18-13-15-14(17(20-16(13)19)26-10-12-4-2-7-25-12)21(5-8-27(15,22)23)9-11-3-1-6-24-11/h11-12H,1-10H2/t11-,12-/m0/s1. The zero-order valence-electron chi connectivity index (χ0n) is 14.8. The summed E-state index contributed by atoms with van der Waals surface area (Å²) in [7, 11) is -3.73. The second kappa shape index (κ2) is 7.69. The Kier molecular flexibility index (Phi) is 5.46. The summed E-state index contributed by atoms with van der Waals surface area (Å²) in [5.74, 6) is -1.23. The van der Waals surface area contributed by atoms with Crippen LogP contribution in [0.4, 0.5) is 10.1 Å². The van der Waals surface area contributed by atoms with E-state index in [0.717, 1.165) is 25.7 Å². The minimum Gasteiger partial charge on any atom is -0.473 e. The lowest BCUT2D eigenvalue weighted by atomic mass is 10.2. The number of anilines is 1. The Bertz CT molecular complexity index is 810. The van der Waals surface area contributed by atoms with Gasteiger partial charge in [0.25, 0.3) is 0 Å². The molecule has 4 heterocycles. The topological polar surface area (TPSA) is 78.0 Å². The van der Waals surface area contributed by atoms with Crippen LogP contribution in [0.15, 0.2) is 4.90 Å². The molecule has 0 N–H and O–H groups in total. The smallest absolute Gasteiger partial charge is 0.241 e. The van der Waals surface area contributed by atoms with Crippen LogP contribution in [0.1, 0.15) is 25.7 Å². The number of ether oxygens (including phenoxy) is 3. The van der Waals surface area contributed by atoms with Crippen LogP contribution in [0.2, 0.25) is 5.02 Å². The van der Waals surface area contributed by atoms with E-state index in [1.165, 1.54) is 0 Å². The first-order chi connectivity index (χ1) is 13.0. The van der Waals surface area contributed by atoms with Gasteiger partial charge >= 0.3 is 0 Å². The minimum atomic E-state index is -3.73. The Labute approximate surface area is 162 Å². The summed E-state index contributed by atoms with van der Waals surface area (Å²) in [6.45, 7) is 2.29. The number of hydrogen-bond donors (Lipinski definition) is 0. The molecule has 3 aliphatic heterocycles. The molecule has 0 bridgehead atoms. The number of hydrogen-bond acceptors (Lipinski definition) is 7. The van der Waals surface area contributed by atoms with E-state index in [2.05, 4.69) is 4.98 Å². The maximum absolute atomic E-state index is 14.3. The van der Waals surface area contributed by atoms with Gasteiger partial charge in [0.2, 0.25) is 11.8 Å². The lowest BCUT2D eigenvalue weighted by molar-refractivity contribution is 0.0659. The zero-order valence-corrected chi connectivity index (χ0v) is 16.4. The van der Waals surface area contributed by atoms with E-state index in [0.29, 0.717) is 19.8 Å². The van der Waals surface area contributed by atoms with Gasteiger partial charge in [-0.05, 0) is 25.7 Å². The lowest BCUT2D eigenvalue weighted by Gasteiger charge is -2.34. The van der Waals surface area contributed by atoms with Gasteiger partial charge in [-0.25, -0.2) is 8.42 Å². The number of pyridine rings is 1. The Balaban J connectivity index is 1.70. The normalized spacial score (nSPS) is 27.0. The van der Waals surface area contributed by atoms with Crippen LogP contribution in [-0.2, 0) is 19.3 Å². The average molecular weight is 421 g/mol. The number of aromatic nitrogens is 1. The van der Waals surface area contributed by atoms with Crippen LogP contribution in [-0.4, -0.2) is 64.3 Å². The molecule has 0 radical (unpaired) electrons. The van der Waals surface area contributed by atoms with E-state index in [1.807, 2.05) is 4.90 Å². The van der Waals surface area contributed by atoms with Crippen LogP contribution in [0, 0.1) is 5.95 Å². The monoisotopic (exact) mass is 420 g/mol. The first-order valence-electron chi connectivity index (χ1n) is 9.18. The fourth-order valence-electron chi connectivity index (χ4n) is 3.76. The van der Waals surface area contributed by atoms with E-state index in [-0.39, 0.29) is 47.6 Å². The SMILES string of the molecule is O=S1(=O)CCN(C[C@@H]2CCCO2)c2c(OC[C@@H]3CCCO3)nc(F)c(Cl)c21. The van der Waals surface area contributed by atoms with E-state index in [4.69, 9.17) is 25.8 Å². The second-order valence-corrected chi connectivity index (χ2v) is 9.47. The lowest BCUT2D eigenvalue weighted by Crippen LogP contribution is -2.41. The molecule has 10 heteroatoms. The van der Waals surface area contributed by atoms with E-state index >= 15 is 0 Å². The van der Waals surface area contributed by atoms with Crippen LogP contribution in [0.3, 0.4) is 0 Å². The van der Waals surface area contributed by atoms with Crippen molar-refractivity contribution < 1.29 is 27.0 Å². The van der Waals surface area contributed by atoms with Crippen molar-refractivity contribution >= 4 is 27.1 Å². The van der Waals surface area contributed by atoms with Crippen molar-refractivity contribution in [2.75, 3.05) is 43.6 Å². The molecule has 7 nitrogen and oxygen atoms in total. The number of fused-ring (bicyclic) bond motifs is 1. The van der Waals surface area contributed by atoms with Gasteiger partial charge in [0.15, 0.2) is 9.84 Å². The van der Waals surface area contributed by atoms with Crippen molar-refractivity contribution in [2.45, 2.75) is 42.8 Å². The molecule has 150 valence electrons. The maximum atomic E-state index is 14.3. The summed E-state index contributed by atoms with van der Waals surface area (Å²) >= 11 is 6.02. The van der Waals surface area contributed by atoms with E-state index < -0.39 is 20.8 Å². The zero-order chi connectivity index (χ0) is 19.0. The van der Waals surface area contributed by atoms with Gasteiger partial charge in [0, 0.05) is 26.3 Å². The van der Waals surface area contributed by atoms with Gasteiger partial charge in [-0.15, -0.1) is 0 Å². The fraction of sp³-hybridized carbons (Fsp3) is 0.706. The van der Waals surface area contributed by atoms with Gasteiger partial charge < -0.3 is 19.1 Å². The molecule has 0 aromatic carbocycles. The second-order valence-electron chi connectivity index (χ2n) is 7.05. The molecule has 1 aromatic heterocycles. The summed E-state index contributed by atoms with van der Waals surface area (Å²) < 4.78 is 56.5. The summed E-state index contributed by atoms with van der Waals surface area (Å²) in [6, 6.07) is 0. The number of rotatable bonds is 5. The molecule has 0 amide bonds. The predicted octanol–water partition coefficient (Wildman–Crippen LogP) is 2.20. The van der Waals surface area contributed by atoms with Gasteiger partial charge in [-0.3, -0.25) is 0 Å². The van der Waals surface area contributed by atoms with E-state index in [9.17, 15) is 12.8 Å². The molecule has 1 aromatic rings. The molecular weight excluding hydrogens is 399 g/mol. The third-order valence-electron chi connectivity index (χ3n) is 5.13. The van der Waals surface area contributed by atoms with Crippen molar-refractivity contribution in [3.63, 3.8) is 0 Å². The van der Waals surface area contributed by atoms with Crippen molar-refractivity contribution in [1.82, 2.24) is 4.98 Å². The Morgan fingerprint density at radius 3 is 2.59 bits per heavy atom. The molecule has 4 rings (SSSR count). The summed E-state index contributed by atoms with van der Waals surface area (Å²) in [6.07, 6.45) is 3.53. The Hall–Kier alpha value is -1.16. The van der Waals surface area contributed by atoms with Gasteiger partial charge in [-0.1, -0.05) is 11.6 Å². The molecule has 2 atom stereocenters. The van der Waals surface area contributed by atoms with Gasteiger partial charge in [-0.2, -0.15) is 9.37 Å². The van der Waals surface area contributed by atoms with Crippen molar-refractivity contribution in [3.05, 3.63) is 11.0 Å². The summed E-state index contributed by atoms with van der Waals surface area (Å²) in [4.78, 5) is 5.42. The van der Waals surface area contributed by atoms with Crippen LogP contribution < -0.4 is 9.64 Å². The molecule has 2 fully saturated rings. The van der Waals surface area contributed by atoms with Crippen molar-refractivity contribution in [3.8, 4) is 5.88 Å². The quantitative estimate of drug-likeness (QED) is 0.676. The highest BCUT2D eigenvalue weighted by atomic mass is 35.5. The van der Waals surface area contributed by atoms with Crippen molar-refractivity contribution in [1.29, 1.82) is 0 Å². The predicted molar refractivity (Wildman–Crippen MR) is 96.9 cm³/mol. The number of nitrogens with zero attached hydrogens (tertiary/aromatic N) is 2. The third kappa shape index (κ3) is 3.87. The number of sulfone groups is 1. The number of halogens is 2. The summed E-state index contributed by atoms with van der Waals surface area (Å²) in [5, 5.41) is -0.480. The van der Waals surface area contributed by atoms with E-state index in [1.54, 1.807) is 0 Å². The highest BCUT2D eigenvalue weighted by molar-refractivity contribution is 7.91. The highest BCUT2D eigenvalue weighted by Gasteiger charge is 2.38. The van der Waals surface area contributed by atoms with Gasteiger partial charge in [0.05, 0.1) is 18.0 Å². The molecule has 0 saturated carbocycles. The first kappa shape index (κ1) is 19.2. The molecule has 0 unspecified atom stereocenters. The van der Waals surface area contributed by atoms with Crippen LogP contribution in [0.25, 0.3) is 0 Å². The Morgan fingerprint density at radius 1 is 1.22 bits per heavy atom. The van der Waals surface area contributed by atoms with Crippen molar-refractivity contribution in [2.24, 2.45) is 0 Å². The third-order valence-corrected chi connectivity index (χ3v) is 7.33. The molecule has 2 saturated heterocycles. The molecule has 0 spiro atoms. The maximum Gasteiger partial charge on any atom is 0.241 e. The van der Waals surface area contributed by atoms with Crippen LogP contribution >= 0.6 is 11.6 Å². The minimum absolute atomic E-state index is 0.00602. The Morgan fingerprint density at radius 2 is 1.93 bits per heavy atom. The fourth-order valence-corrected chi connectivity index (χ4v) is 5.78. The average Bonchev–Trinajstić information content (AvgIpc) is 3.32. The summed E-state index contributed by atoms with van der Waals surface area (Å²) in [5.41, 5.74) is 0.237.